The topological polar surface area (TPSA) is 206 Å². The van der Waals surface area contributed by atoms with Crippen LogP contribution in [0.3, 0.4) is 0 Å². The van der Waals surface area contributed by atoms with Crippen LogP contribution in [-0.2, 0) is 27.3 Å². The zero-order valence-corrected chi connectivity index (χ0v) is 24.8. The van der Waals surface area contributed by atoms with Crippen molar-refractivity contribution in [2.45, 2.75) is 51.8 Å². The minimum Gasteiger partial charge on any atom is -0.510 e. The van der Waals surface area contributed by atoms with Crippen LogP contribution in [0.5, 0.6) is 5.75 Å². The third kappa shape index (κ3) is 4.61. The van der Waals surface area contributed by atoms with Crippen LogP contribution >= 0.6 is 0 Å². The van der Waals surface area contributed by atoms with Crippen molar-refractivity contribution >= 4 is 29.1 Å². The van der Waals surface area contributed by atoms with Gasteiger partial charge in [0.15, 0.2) is 11.4 Å². The number of phenols is 1. The number of aliphatic hydroxyl groups is 3. The zero-order valence-electron chi connectivity index (χ0n) is 24.8. The molecule has 0 heterocycles. The molecule has 0 aliphatic heterocycles. The van der Waals surface area contributed by atoms with Crippen LogP contribution in [0.25, 0.3) is 0 Å². The molecule has 0 saturated heterocycles. The van der Waals surface area contributed by atoms with E-state index in [0.29, 0.717) is 11.3 Å². The number of aliphatic hydroxyl groups excluding tert-OH is 2. The molecule has 228 valence electrons. The average molecular weight is 586 g/mol. The number of hydrazine groups is 1. The van der Waals surface area contributed by atoms with Gasteiger partial charge in [0, 0.05) is 48.8 Å². The van der Waals surface area contributed by atoms with Gasteiger partial charge in [-0.3, -0.25) is 29.5 Å². The van der Waals surface area contributed by atoms with E-state index in [1.54, 1.807) is 59.9 Å². The number of anilines is 1. The van der Waals surface area contributed by atoms with Gasteiger partial charge in [0.2, 0.25) is 11.7 Å². The first-order valence-corrected chi connectivity index (χ1v) is 13.6. The highest BCUT2D eigenvalue weighted by Gasteiger charge is 2.63. The van der Waals surface area contributed by atoms with Gasteiger partial charge in [0.05, 0.1) is 11.6 Å². The lowest BCUT2D eigenvalue weighted by atomic mass is 9.58. The summed E-state index contributed by atoms with van der Waals surface area (Å²) in [6, 6.07) is 0.639. The van der Waals surface area contributed by atoms with E-state index >= 15 is 0 Å². The summed E-state index contributed by atoms with van der Waals surface area (Å²) in [5.41, 5.74) is 7.59. The molecule has 0 radical (unpaired) electrons. The second-order valence-electron chi connectivity index (χ2n) is 12.7. The van der Waals surface area contributed by atoms with E-state index in [9.17, 15) is 39.6 Å². The van der Waals surface area contributed by atoms with Crippen molar-refractivity contribution in [1.82, 2.24) is 15.8 Å². The minimum atomic E-state index is -2.71. The Bertz CT molecular complexity index is 1450. The maximum absolute atomic E-state index is 14.1. The molecule has 0 bridgehead atoms. The monoisotopic (exact) mass is 585 g/mol. The summed E-state index contributed by atoms with van der Waals surface area (Å²) < 4.78 is 0. The number of hydrogen-bond donors (Lipinski definition) is 7. The molecule has 0 aromatic heterocycles. The number of primary amides is 1. The Labute approximate surface area is 243 Å². The van der Waals surface area contributed by atoms with Gasteiger partial charge in [-0.2, -0.15) is 0 Å². The molecule has 1 aromatic carbocycles. The van der Waals surface area contributed by atoms with Crippen LogP contribution in [0.2, 0.25) is 0 Å². The summed E-state index contributed by atoms with van der Waals surface area (Å²) in [5, 5.41) is 45.4. The molecule has 4 atom stereocenters. The van der Waals surface area contributed by atoms with Gasteiger partial charge in [-0.05, 0) is 44.5 Å². The number of hydrogen-bond acceptors (Lipinski definition) is 11. The standard InChI is InChI=1S/C29H39N5O8/c1-28(2,3)27(41)32-31-11-13-10-16(33(4)5)14-8-12-9-15-20(34(6)7)23(37)19(26(30)40)25(39)29(15,42)24(38)17(12)22(36)18(14)21(13)35/h10,12,15,20,31,35,37-38,42H,8-9,11H2,1-7H3,(H2,30,40)(H,32,41)/t12-,15-,20+,29-/m0/s1. The molecule has 2 amide bonds. The van der Waals surface area contributed by atoms with Crippen molar-refractivity contribution in [1.29, 1.82) is 0 Å². The Morgan fingerprint density at radius 2 is 1.74 bits per heavy atom. The molecule has 13 nitrogen and oxygen atoms in total. The maximum Gasteiger partial charge on any atom is 0.255 e. The van der Waals surface area contributed by atoms with Crippen LogP contribution in [0.4, 0.5) is 5.69 Å². The Balaban J connectivity index is 1.85. The van der Waals surface area contributed by atoms with E-state index in [0.717, 1.165) is 0 Å². The number of Topliss-reactive ketones (excluding diaryl/α,β-unsaturated/α-hetero) is 2. The van der Waals surface area contributed by atoms with E-state index in [2.05, 4.69) is 10.9 Å². The quantitative estimate of drug-likeness (QED) is 0.179. The lowest BCUT2D eigenvalue weighted by Gasteiger charge is -2.50. The van der Waals surface area contributed by atoms with Gasteiger partial charge in [-0.1, -0.05) is 20.8 Å². The van der Waals surface area contributed by atoms with Gasteiger partial charge >= 0.3 is 0 Å². The maximum atomic E-state index is 14.1. The van der Waals surface area contributed by atoms with Crippen molar-refractivity contribution < 1.29 is 39.6 Å². The summed E-state index contributed by atoms with van der Waals surface area (Å²) in [6.07, 6.45) is 0.172. The number of ketones is 2. The number of nitrogens with two attached hydrogens (primary N) is 1. The number of nitrogens with one attached hydrogen (secondary N) is 2. The molecule has 0 unspecified atom stereocenters. The van der Waals surface area contributed by atoms with Crippen LogP contribution in [-0.4, -0.2) is 88.5 Å². The van der Waals surface area contributed by atoms with Crippen LogP contribution in [0.1, 0.15) is 48.7 Å². The normalized spacial score (nSPS) is 25.7. The number of nitrogens with zero attached hydrogens (tertiary/aromatic N) is 2. The van der Waals surface area contributed by atoms with Crippen molar-refractivity contribution in [2.24, 2.45) is 23.0 Å². The number of benzene rings is 1. The molecular formula is C29H39N5O8. The highest BCUT2D eigenvalue weighted by atomic mass is 16.3. The number of rotatable bonds is 6. The second-order valence-corrected chi connectivity index (χ2v) is 12.7. The molecule has 42 heavy (non-hydrogen) atoms. The Morgan fingerprint density at radius 1 is 1.12 bits per heavy atom. The van der Waals surface area contributed by atoms with Crippen LogP contribution in [0, 0.1) is 17.3 Å². The third-order valence-corrected chi connectivity index (χ3v) is 8.42. The van der Waals surface area contributed by atoms with E-state index in [1.165, 1.54) is 4.90 Å². The Kier molecular flexibility index (Phi) is 7.68. The molecule has 8 N–H and O–H groups in total. The molecule has 1 aromatic rings. The first-order chi connectivity index (χ1) is 19.3. The lowest BCUT2D eigenvalue weighted by molar-refractivity contribution is -0.148. The average Bonchev–Trinajstić information content (AvgIpc) is 2.86. The number of phenolic OH excluding ortho intramolecular Hbond substituents is 1. The van der Waals surface area contributed by atoms with Crippen molar-refractivity contribution in [3.8, 4) is 5.75 Å². The minimum absolute atomic E-state index is 0.00152. The molecule has 3 aliphatic carbocycles. The summed E-state index contributed by atoms with van der Waals surface area (Å²) >= 11 is 0. The molecule has 0 spiro atoms. The van der Waals surface area contributed by atoms with Crippen molar-refractivity contribution in [2.75, 3.05) is 33.1 Å². The largest absolute Gasteiger partial charge is 0.510 e. The highest BCUT2D eigenvalue weighted by Crippen LogP contribution is 2.53. The first kappa shape index (κ1) is 31.0. The van der Waals surface area contributed by atoms with E-state index in [4.69, 9.17) is 5.73 Å². The second kappa shape index (κ2) is 10.4. The number of carbonyl (C=O) groups is 4. The fraction of sp³-hybridized carbons (Fsp3) is 0.517. The fourth-order valence-electron chi connectivity index (χ4n) is 6.29. The molecule has 4 rings (SSSR count). The first-order valence-electron chi connectivity index (χ1n) is 13.6. The summed E-state index contributed by atoms with van der Waals surface area (Å²) in [7, 11) is 6.70. The van der Waals surface area contributed by atoms with E-state index < -0.39 is 63.5 Å². The van der Waals surface area contributed by atoms with E-state index in [-0.39, 0.29) is 47.7 Å². The van der Waals surface area contributed by atoms with E-state index in [1.807, 2.05) is 0 Å². The number of carbonyl (C=O) groups excluding carboxylic acids is 4. The van der Waals surface area contributed by atoms with Gasteiger partial charge < -0.3 is 31.1 Å². The fourth-order valence-corrected chi connectivity index (χ4v) is 6.29. The predicted molar refractivity (Wildman–Crippen MR) is 152 cm³/mol. The van der Waals surface area contributed by atoms with Crippen LogP contribution in [0.15, 0.2) is 28.7 Å². The SMILES string of the molecule is CN(C)c1cc(CNNC(=O)C(C)(C)C)c(O)c2c1C[C@H]1C[C@H]3[C@@H](N(C)C)C(O)=C(C(N)=O)C(=O)[C@@]3(O)C(O)=C1C2=O. The predicted octanol–water partition coefficient (Wildman–Crippen LogP) is 0.354. The zero-order chi connectivity index (χ0) is 31.6. The summed E-state index contributed by atoms with van der Waals surface area (Å²) in [5.74, 6) is -7.32. The Hall–Kier alpha value is -3.94. The number of fused-ring (bicyclic) bond motifs is 3. The summed E-state index contributed by atoms with van der Waals surface area (Å²) in [6.45, 7) is 5.18. The van der Waals surface area contributed by atoms with Gasteiger partial charge in [-0.25, -0.2) is 5.43 Å². The lowest BCUT2D eigenvalue weighted by Crippen LogP contribution is -2.63. The molecule has 0 saturated carbocycles. The number of amides is 2. The molecule has 0 fully saturated rings. The summed E-state index contributed by atoms with van der Waals surface area (Å²) in [4.78, 5) is 55.3. The molecule has 3 aliphatic rings. The number of aromatic hydroxyl groups is 1. The third-order valence-electron chi connectivity index (χ3n) is 8.42. The number of allylic oxidation sites excluding steroid dienone is 1. The highest BCUT2D eigenvalue weighted by molar-refractivity contribution is 6.25. The molecular weight excluding hydrogens is 546 g/mol. The molecule has 13 heteroatoms. The van der Waals surface area contributed by atoms with Gasteiger partial charge in [0.1, 0.15) is 22.8 Å². The van der Waals surface area contributed by atoms with Crippen molar-refractivity contribution in [3.63, 3.8) is 0 Å². The Morgan fingerprint density at radius 3 is 2.26 bits per heavy atom. The smallest absolute Gasteiger partial charge is 0.255 e. The van der Waals surface area contributed by atoms with Crippen molar-refractivity contribution in [3.05, 3.63) is 45.4 Å². The van der Waals surface area contributed by atoms with Crippen LogP contribution < -0.4 is 21.5 Å². The van der Waals surface area contributed by atoms with Gasteiger partial charge in [0.25, 0.3) is 5.91 Å². The van der Waals surface area contributed by atoms with Gasteiger partial charge in [-0.15, -0.1) is 0 Å². The number of likely N-dealkylation sites (N-methyl/N-ethyl adjacent to an activating group) is 1.